The average Bonchev–Trinajstić information content (AvgIpc) is 2.79. The Morgan fingerprint density at radius 2 is 1.83 bits per heavy atom. The zero-order chi connectivity index (χ0) is 20.3. The second-order valence-corrected chi connectivity index (χ2v) is 7.92. The molecule has 152 valence electrons. The van der Waals surface area contributed by atoms with E-state index >= 15 is 0 Å². The van der Waals surface area contributed by atoms with Gasteiger partial charge in [-0.2, -0.15) is 0 Å². The van der Waals surface area contributed by atoms with Gasteiger partial charge in [-0.1, -0.05) is 43.3 Å². The van der Waals surface area contributed by atoms with E-state index in [0.717, 1.165) is 29.8 Å². The predicted molar refractivity (Wildman–Crippen MR) is 113 cm³/mol. The quantitative estimate of drug-likeness (QED) is 0.864. The van der Waals surface area contributed by atoms with Gasteiger partial charge in [0.1, 0.15) is 0 Å². The molecular weight excluding hydrogens is 364 g/mol. The first-order valence-electron chi connectivity index (χ1n) is 10.5. The van der Waals surface area contributed by atoms with Gasteiger partial charge in [0.05, 0.1) is 5.41 Å². The summed E-state index contributed by atoms with van der Waals surface area (Å²) in [6, 6.07) is 16.1. The number of carbonyl (C=O) groups excluding carboxylic acids is 2. The maximum absolute atomic E-state index is 13.4. The second kappa shape index (κ2) is 8.37. The Kier molecular flexibility index (Phi) is 5.67. The molecule has 5 nitrogen and oxygen atoms in total. The highest BCUT2D eigenvalue weighted by Gasteiger charge is 2.41. The van der Waals surface area contributed by atoms with Gasteiger partial charge in [0.25, 0.3) is 0 Å². The van der Waals surface area contributed by atoms with Crippen molar-refractivity contribution in [1.29, 1.82) is 0 Å². The molecule has 0 aromatic heterocycles. The van der Waals surface area contributed by atoms with E-state index in [-0.39, 0.29) is 11.8 Å². The van der Waals surface area contributed by atoms with Crippen molar-refractivity contribution >= 4 is 17.5 Å². The molecule has 2 aliphatic rings. The number of fused-ring (bicyclic) bond motifs is 1. The molecule has 0 bridgehead atoms. The monoisotopic (exact) mass is 392 g/mol. The Labute approximate surface area is 172 Å². The molecule has 1 N–H and O–H groups in total. The first kappa shape index (κ1) is 19.6. The molecule has 2 aromatic rings. The van der Waals surface area contributed by atoms with Crippen LogP contribution in [0.2, 0.25) is 0 Å². The number of ether oxygens (including phenoxy) is 1. The van der Waals surface area contributed by atoms with E-state index in [1.165, 1.54) is 5.56 Å². The molecule has 5 heteroatoms. The summed E-state index contributed by atoms with van der Waals surface area (Å²) in [5, 5.41) is 3.16. The fraction of sp³-hybridized carbons (Fsp3) is 0.417. The van der Waals surface area contributed by atoms with Gasteiger partial charge in [0.15, 0.2) is 0 Å². The van der Waals surface area contributed by atoms with Crippen LogP contribution in [0.15, 0.2) is 48.5 Å². The van der Waals surface area contributed by atoms with Crippen molar-refractivity contribution in [2.75, 3.05) is 25.1 Å². The van der Waals surface area contributed by atoms with E-state index in [4.69, 9.17) is 4.74 Å². The minimum absolute atomic E-state index is 0.0178. The molecular formula is C24H28N2O3. The third-order valence-electron chi connectivity index (χ3n) is 6.24. The molecule has 1 saturated heterocycles. The lowest BCUT2D eigenvalue weighted by molar-refractivity contribution is -0.131. The zero-order valence-corrected chi connectivity index (χ0v) is 16.9. The highest BCUT2D eigenvalue weighted by Crippen LogP contribution is 2.36. The maximum Gasteiger partial charge on any atom is 0.235 e. The molecule has 0 aliphatic carbocycles. The topological polar surface area (TPSA) is 58.6 Å². The van der Waals surface area contributed by atoms with Crippen molar-refractivity contribution in [3.8, 4) is 0 Å². The Morgan fingerprint density at radius 3 is 2.55 bits per heavy atom. The number of carbonyl (C=O) groups is 2. The summed E-state index contributed by atoms with van der Waals surface area (Å²) in [6.07, 6.45) is 2.73. The second-order valence-electron chi connectivity index (χ2n) is 7.92. The number of anilines is 1. The highest BCUT2D eigenvalue weighted by molar-refractivity contribution is 5.99. The van der Waals surface area contributed by atoms with Gasteiger partial charge in [0.2, 0.25) is 11.8 Å². The lowest BCUT2D eigenvalue weighted by Crippen LogP contribution is -2.44. The van der Waals surface area contributed by atoms with Crippen molar-refractivity contribution in [2.45, 2.75) is 44.6 Å². The van der Waals surface area contributed by atoms with E-state index in [9.17, 15) is 9.59 Å². The van der Waals surface area contributed by atoms with Gasteiger partial charge < -0.3 is 15.0 Å². The van der Waals surface area contributed by atoms with Gasteiger partial charge >= 0.3 is 0 Å². The van der Waals surface area contributed by atoms with Gasteiger partial charge in [-0.25, -0.2) is 0 Å². The van der Waals surface area contributed by atoms with Crippen LogP contribution in [0.3, 0.4) is 0 Å². The molecule has 0 saturated carbocycles. The van der Waals surface area contributed by atoms with Crippen LogP contribution < -0.4 is 5.32 Å². The predicted octanol–water partition coefficient (Wildman–Crippen LogP) is 3.67. The van der Waals surface area contributed by atoms with Crippen LogP contribution in [0.25, 0.3) is 0 Å². The molecule has 29 heavy (non-hydrogen) atoms. The Hall–Kier alpha value is -2.66. The van der Waals surface area contributed by atoms with E-state index < -0.39 is 5.41 Å². The summed E-state index contributed by atoms with van der Waals surface area (Å²) in [5.74, 6) is 0.194. The number of amides is 2. The number of hydrogen-bond acceptors (Lipinski definition) is 3. The zero-order valence-electron chi connectivity index (χ0n) is 16.9. The van der Waals surface area contributed by atoms with E-state index in [2.05, 4.69) is 11.4 Å². The van der Waals surface area contributed by atoms with Crippen LogP contribution in [0, 0.1) is 0 Å². The summed E-state index contributed by atoms with van der Waals surface area (Å²) in [5.41, 5.74) is 3.64. The Balaban J connectivity index is 1.57. The van der Waals surface area contributed by atoms with Crippen LogP contribution >= 0.6 is 0 Å². The number of hydrogen-bond donors (Lipinski definition) is 1. The van der Waals surface area contributed by atoms with Gasteiger partial charge in [-0.3, -0.25) is 9.59 Å². The summed E-state index contributed by atoms with van der Waals surface area (Å²) < 4.78 is 5.55. The number of rotatable bonds is 4. The molecule has 2 heterocycles. The summed E-state index contributed by atoms with van der Waals surface area (Å²) in [4.78, 5) is 27.4. The fourth-order valence-corrected chi connectivity index (χ4v) is 4.45. The molecule has 2 aromatic carbocycles. The molecule has 2 aliphatic heterocycles. The van der Waals surface area contributed by atoms with Crippen molar-refractivity contribution in [1.82, 2.24) is 4.90 Å². The molecule has 0 atom stereocenters. The molecule has 4 rings (SSSR count). The standard InChI is InChI=1S/C24H28N2O3/c1-2-22(27)26-13-10-18-8-9-21(16-19(18)17-26)25-23(28)24(11-14-29-15-12-24)20-6-4-3-5-7-20/h3-9,16H,2,10-15,17H2,1H3,(H,25,28). The van der Waals surface area contributed by atoms with Crippen molar-refractivity contribution in [3.05, 3.63) is 65.2 Å². The molecule has 0 spiro atoms. The third kappa shape index (κ3) is 3.92. The highest BCUT2D eigenvalue weighted by atomic mass is 16.5. The Morgan fingerprint density at radius 1 is 1.07 bits per heavy atom. The summed E-state index contributed by atoms with van der Waals surface area (Å²) >= 11 is 0. The van der Waals surface area contributed by atoms with Crippen LogP contribution in [-0.2, 0) is 32.7 Å². The van der Waals surface area contributed by atoms with Crippen molar-refractivity contribution in [3.63, 3.8) is 0 Å². The minimum atomic E-state index is -0.570. The van der Waals surface area contributed by atoms with Crippen molar-refractivity contribution in [2.24, 2.45) is 0 Å². The summed E-state index contributed by atoms with van der Waals surface area (Å²) in [7, 11) is 0. The largest absolute Gasteiger partial charge is 0.381 e. The first-order chi connectivity index (χ1) is 14.1. The SMILES string of the molecule is CCC(=O)N1CCc2ccc(NC(=O)C3(c4ccccc4)CCOCC3)cc2C1. The van der Waals surface area contributed by atoms with Crippen LogP contribution in [0.4, 0.5) is 5.69 Å². The van der Waals surface area contributed by atoms with Gasteiger partial charge in [-0.05, 0) is 48.1 Å². The summed E-state index contributed by atoms with van der Waals surface area (Å²) in [6.45, 7) is 4.44. The van der Waals surface area contributed by atoms with E-state index in [1.807, 2.05) is 54.3 Å². The van der Waals surface area contributed by atoms with Gasteiger partial charge in [0, 0.05) is 38.4 Å². The van der Waals surface area contributed by atoms with Crippen LogP contribution in [-0.4, -0.2) is 36.5 Å². The fourth-order valence-electron chi connectivity index (χ4n) is 4.45. The van der Waals surface area contributed by atoms with E-state index in [0.29, 0.717) is 39.0 Å². The van der Waals surface area contributed by atoms with E-state index in [1.54, 1.807) is 0 Å². The number of nitrogens with one attached hydrogen (secondary N) is 1. The number of nitrogens with zero attached hydrogens (tertiary/aromatic N) is 1. The third-order valence-corrected chi connectivity index (χ3v) is 6.24. The molecule has 0 radical (unpaired) electrons. The van der Waals surface area contributed by atoms with Gasteiger partial charge in [-0.15, -0.1) is 0 Å². The van der Waals surface area contributed by atoms with Crippen molar-refractivity contribution < 1.29 is 14.3 Å². The first-order valence-corrected chi connectivity index (χ1v) is 10.5. The Bertz CT molecular complexity index is 888. The lowest BCUT2D eigenvalue weighted by Gasteiger charge is -2.36. The number of benzene rings is 2. The minimum Gasteiger partial charge on any atom is -0.381 e. The average molecular weight is 392 g/mol. The molecule has 1 fully saturated rings. The molecule has 0 unspecified atom stereocenters. The normalized spacial score (nSPS) is 18.0. The smallest absolute Gasteiger partial charge is 0.235 e. The molecule has 2 amide bonds. The van der Waals surface area contributed by atoms with Crippen LogP contribution in [0.5, 0.6) is 0 Å². The van der Waals surface area contributed by atoms with Crippen LogP contribution in [0.1, 0.15) is 42.9 Å². The maximum atomic E-state index is 13.4. The lowest BCUT2D eigenvalue weighted by atomic mass is 9.73.